The van der Waals surface area contributed by atoms with Gasteiger partial charge in [-0.3, -0.25) is 0 Å². The Kier molecular flexibility index (Phi) is 4.12. The van der Waals surface area contributed by atoms with Crippen molar-refractivity contribution in [2.45, 2.75) is 19.4 Å². The quantitative estimate of drug-likeness (QED) is 0.757. The molecule has 0 aliphatic heterocycles. The van der Waals surface area contributed by atoms with Crippen LogP contribution in [-0.4, -0.2) is 23.1 Å². The van der Waals surface area contributed by atoms with Crippen LogP contribution >= 0.6 is 0 Å². The van der Waals surface area contributed by atoms with Gasteiger partial charge in [-0.2, -0.15) is 0 Å². The highest BCUT2D eigenvalue weighted by Gasteiger charge is 1.92. The molecule has 3 nitrogen and oxygen atoms in total. The van der Waals surface area contributed by atoms with E-state index in [2.05, 4.69) is 28.3 Å². The predicted octanol–water partition coefficient (Wildman–Crippen LogP) is 1.49. The van der Waals surface area contributed by atoms with Crippen molar-refractivity contribution in [3.8, 4) is 0 Å². The number of nitrogens with zero attached hydrogens (tertiary/aromatic N) is 2. The lowest BCUT2D eigenvalue weighted by Crippen LogP contribution is -2.19. The molecule has 13 heavy (non-hydrogen) atoms. The van der Waals surface area contributed by atoms with Crippen LogP contribution in [0.1, 0.15) is 18.9 Å². The molecule has 0 aromatic carbocycles. The summed E-state index contributed by atoms with van der Waals surface area (Å²) in [4.78, 5) is 7.85. The minimum Gasteiger partial charge on any atom is -0.317 e. The van der Waals surface area contributed by atoms with E-state index in [-0.39, 0.29) is 0 Å². The lowest BCUT2D eigenvalue weighted by atomic mass is 10.2. The molecule has 0 spiro atoms. The molecular weight excluding hydrogens is 162 g/mol. The second-order valence-electron chi connectivity index (χ2n) is 3.00. The zero-order valence-corrected chi connectivity index (χ0v) is 8.07. The van der Waals surface area contributed by atoms with Gasteiger partial charge in [0.15, 0.2) is 0 Å². The molecule has 1 atom stereocenters. The first-order valence-corrected chi connectivity index (χ1v) is 4.41. The van der Waals surface area contributed by atoms with Gasteiger partial charge in [0, 0.05) is 24.0 Å². The fourth-order valence-corrected chi connectivity index (χ4v) is 0.923. The van der Waals surface area contributed by atoms with Crippen LogP contribution in [0.25, 0.3) is 6.08 Å². The van der Waals surface area contributed by atoms with Crippen LogP contribution < -0.4 is 5.32 Å². The Balaban J connectivity index is 2.41. The van der Waals surface area contributed by atoms with Crippen molar-refractivity contribution < 1.29 is 0 Å². The molecule has 0 unspecified atom stereocenters. The van der Waals surface area contributed by atoms with Gasteiger partial charge in [0.25, 0.3) is 0 Å². The van der Waals surface area contributed by atoms with Gasteiger partial charge >= 0.3 is 0 Å². The maximum atomic E-state index is 3.92. The molecule has 1 heterocycles. The normalized spacial score (nSPS) is 13.4. The number of rotatable bonds is 4. The second kappa shape index (κ2) is 5.43. The SMILES string of the molecule is CN[C@H](C)C/C=C/c1cncnc1. The monoisotopic (exact) mass is 177 g/mol. The molecule has 1 rings (SSSR count). The van der Waals surface area contributed by atoms with E-state index < -0.39 is 0 Å². The van der Waals surface area contributed by atoms with Crippen molar-refractivity contribution in [1.29, 1.82) is 0 Å². The minimum atomic E-state index is 0.515. The molecule has 0 fully saturated rings. The Labute approximate surface area is 78.9 Å². The van der Waals surface area contributed by atoms with Gasteiger partial charge in [-0.05, 0) is 20.4 Å². The Morgan fingerprint density at radius 1 is 1.46 bits per heavy atom. The summed E-state index contributed by atoms with van der Waals surface area (Å²) < 4.78 is 0. The molecule has 3 heteroatoms. The lowest BCUT2D eigenvalue weighted by Gasteiger charge is -2.04. The third kappa shape index (κ3) is 3.80. The van der Waals surface area contributed by atoms with Crippen molar-refractivity contribution in [2.75, 3.05) is 7.05 Å². The molecule has 1 N–H and O–H groups in total. The third-order valence-corrected chi connectivity index (χ3v) is 1.87. The van der Waals surface area contributed by atoms with E-state index >= 15 is 0 Å². The molecule has 0 amide bonds. The number of hydrogen-bond acceptors (Lipinski definition) is 3. The van der Waals surface area contributed by atoms with E-state index in [1.807, 2.05) is 13.1 Å². The fraction of sp³-hybridized carbons (Fsp3) is 0.400. The topological polar surface area (TPSA) is 37.8 Å². The van der Waals surface area contributed by atoms with Crippen molar-refractivity contribution in [3.05, 3.63) is 30.4 Å². The fourth-order valence-electron chi connectivity index (χ4n) is 0.923. The van der Waals surface area contributed by atoms with Crippen molar-refractivity contribution in [3.63, 3.8) is 0 Å². The van der Waals surface area contributed by atoms with Crippen LogP contribution in [0.5, 0.6) is 0 Å². The van der Waals surface area contributed by atoms with Crippen molar-refractivity contribution in [1.82, 2.24) is 15.3 Å². The number of hydrogen-bond donors (Lipinski definition) is 1. The number of aromatic nitrogens is 2. The van der Waals surface area contributed by atoms with Crippen LogP contribution in [0.2, 0.25) is 0 Å². The summed E-state index contributed by atoms with van der Waals surface area (Å²) >= 11 is 0. The Hall–Kier alpha value is -1.22. The lowest BCUT2D eigenvalue weighted by molar-refractivity contribution is 0.621. The van der Waals surface area contributed by atoms with Crippen LogP contribution in [0.4, 0.5) is 0 Å². The smallest absolute Gasteiger partial charge is 0.115 e. The summed E-state index contributed by atoms with van der Waals surface area (Å²) in [5, 5.41) is 3.17. The van der Waals surface area contributed by atoms with Gasteiger partial charge in [0.2, 0.25) is 0 Å². The average molecular weight is 177 g/mol. The van der Waals surface area contributed by atoms with E-state index in [1.54, 1.807) is 12.4 Å². The summed E-state index contributed by atoms with van der Waals surface area (Å²) in [6, 6.07) is 0.515. The van der Waals surface area contributed by atoms with E-state index in [9.17, 15) is 0 Å². The zero-order chi connectivity index (χ0) is 9.52. The summed E-state index contributed by atoms with van der Waals surface area (Å²) in [7, 11) is 1.96. The maximum absolute atomic E-state index is 3.92. The van der Waals surface area contributed by atoms with E-state index in [0.717, 1.165) is 12.0 Å². The summed E-state index contributed by atoms with van der Waals surface area (Å²) in [5.41, 5.74) is 1.05. The van der Waals surface area contributed by atoms with Crippen LogP contribution in [-0.2, 0) is 0 Å². The molecule has 1 aromatic heterocycles. The first-order chi connectivity index (χ1) is 6.33. The minimum absolute atomic E-state index is 0.515. The molecular formula is C10H15N3. The van der Waals surface area contributed by atoms with Gasteiger partial charge in [-0.1, -0.05) is 12.2 Å². The van der Waals surface area contributed by atoms with Gasteiger partial charge in [0.1, 0.15) is 6.33 Å². The van der Waals surface area contributed by atoms with Gasteiger partial charge in [-0.15, -0.1) is 0 Å². The Morgan fingerprint density at radius 2 is 2.15 bits per heavy atom. The molecule has 0 saturated carbocycles. The molecule has 1 aromatic rings. The van der Waals surface area contributed by atoms with Gasteiger partial charge < -0.3 is 5.32 Å². The molecule has 0 saturated heterocycles. The molecule has 0 bridgehead atoms. The van der Waals surface area contributed by atoms with Gasteiger partial charge in [-0.25, -0.2) is 9.97 Å². The first kappa shape index (κ1) is 9.86. The summed E-state index contributed by atoms with van der Waals surface area (Å²) in [6.07, 6.45) is 10.3. The Bertz CT molecular complexity index is 256. The van der Waals surface area contributed by atoms with Crippen LogP contribution in [0.15, 0.2) is 24.8 Å². The average Bonchev–Trinajstić information content (AvgIpc) is 2.19. The maximum Gasteiger partial charge on any atom is 0.115 e. The summed E-state index contributed by atoms with van der Waals surface area (Å²) in [5.74, 6) is 0. The molecule has 0 radical (unpaired) electrons. The predicted molar refractivity (Wildman–Crippen MR) is 54.2 cm³/mol. The first-order valence-electron chi connectivity index (χ1n) is 4.41. The zero-order valence-electron chi connectivity index (χ0n) is 8.07. The Morgan fingerprint density at radius 3 is 2.77 bits per heavy atom. The molecule has 0 aliphatic carbocycles. The highest BCUT2D eigenvalue weighted by Crippen LogP contribution is 1.99. The van der Waals surface area contributed by atoms with E-state index in [1.165, 1.54) is 6.33 Å². The molecule has 0 aliphatic rings. The van der Waals surface area contributed by atoms with Crippen LogP contribution in [0.3, 0.4) is 0 Å². The summed E-state index contributed by atoms with van der Waals surface area (Å²) in [6.45, 7) is 2.14. The van der Waals surface area contributed by atoms with E-state index in [4.69, 9.17) is 0 Å². The number of nitrogens with one attached hydrogen (secondary N) is 1. The van der Waals surface area contributed by atoms with E-state index in [0.29, 0.717) is 6.04 Å². The van der Waals surface area contributed by atoms with Gasteiger partial charge in [0.05, 0.1) is 0 Å². The van der Waals surface area contributed by atoms with Crippen LogP contribution in [0, 0.1) is 0 Å². The largest absolute Gasteiger partial charge is 0.317 e. The van der Waals surface area contributed by atoms with Crippen molar-refractivity contribution in [2.24, 2.45) is 0 Å². The molecule has 70 valence electrons. The third-order valence-electron chi connectivity index (χ3n) is 1.87. The highest BCUT2D eigenvalue weighted by atomic mass is 14.8. The highest BCUT2D eigenvalue weighted by molar-refractivity contribution is 5.45. The second-order valence-corrected chi connectivity index (χ2v) is 3.00. The van der Waals surface area contributed by atoms with Crippen molar-refractivity contribution >= 4 is 6.08 Å². The standard InChI is InChI=1S/C10H15N3/c1-9(11-2)4-3-5-10-6-12-8-13-7-10/h3,5-9,11H,4H2,1-2H3/b5-3+/t9-/m1/s1.